The molecule has 7 nitrogen and oxygen atoms in total. The quantitative estimate of drug-likeness (QED) is 0.416. The van der Waals surface area contributed by atoms with Gasteiger partial charge in [-0.2, -0.15) is 9.41 Å². The van der Waals surface area contributed by atoms with Gasteiger partial charge in [-0.1, -0.05) is 41.9 Å². The highest BCUT2D eigenvalue weighted by molar-refractivity contribution is 6.31. The summed E-state index contributed by atoms with van der Waals surface area (Å²) in [6, 6.07) is 18.4. The number of rotatable bonds is 5. The molecule has 0 bridgehead atoms. The molecule has 8 heteroatoms. The van der Waals surface area contributed by atoms with E-state index in [0.717, 1.165) is 21.5 Å². The average Bonchev–Trinajstić information content (AvgIpc) is 3.23. The molecule has 2 aromatic carbocycles. The fraction of sp³-hybridized carbons (Fsp3) is 0.100. The molecule has 140 valence electrons. The van der Waals surface area contributed by atoms with E-state index in [9.17, 15) is 5.21 Å². The van der Waals surface area contributed by atoms with Crippen LogP contribution in [0.5, 0.6) is 0 Å². The van der Waals surface area contributed by atoms with E-state index in [4.69, 9.17) is 17.3 Å². The Morgan fingerprint density at radius 1 is 1.11 bits per heavy atom. The van der Waals surface area contributed by atoms with Crippen molar-refractivity contribution in [3.63, 3.8) is 0 Å². The summed E-state index contributed by atoms with van der Waals surface area (Å²) in [5.74, 6) is 0. The molecule has 4 rings (SSSR count). The molecule has 0 aliphatic heterocycles. The summed E-state index contributed by atoms with van der Waals surface area (Å²) in [6.45, 7) is 0. The Labute approximate surface area is 166 Å². The van der Waals surface area contributed by atoms with Crippen molar-refractivity contribution in [3.8, 4) is 16.8 Å². The van der Waals surface area contributed by atoms with Crippen LogP contribution in [-0.2, 0) is 6.42 Å². The molecule has 0 amide bonds. The maximum absolute atomic E-state index is 12.7. The van der Waals surface area contributed by atoms with Crippen molar-refractivity contribution < 1.29 is 4.73 Å². The van der Waals surface area contributed by atoms with Gasteiger partial charge in [0.1, 0.15) is 6.33 Å². The smallest absolute Gasteiger partial charge is 0.209 e. The van der Waals surface area contributed by atoms with Crippen molar-refractivity contribution in [1.29, 1.82) is 0 Å². The third kappa shape index (κ3) is 3.71. The van der Waals surface area contributed by atoms with E-state index in [0.29, 0.717) is 22.7 Å². The van der Waals surface area contributed by atoms with Crippen LogP contribution in [0.2, 0.25) is 5.02 Å². The number of benzene rings is 2. The fourth-order valence-electron chi connectivity index (χ4n) is 3.12. The van der Waals surface area contributed by atoms with Gasteiger partial charge in [-0.15, -0.1) is 5.10 Å². The predicted octanol–water partition coefficient (Wildman–Crippen LogP) is 2.86. The Morgan fingerprint density at radius 2 is 1.93 bits per heavy atom. The second-order valence-electron chi connectivity index (χ2n) is 6.38. The van der Waals surface area contributed by atoms with Gasteiger partial charge < -0.3 is 10.9 Å². The molecule has 0 saturated carbocycles. The Morgan fingerprint density at radius 3 is 2.64 bits per heavy atom. The molecular weight excluding hydrogens is 376 g/mol. The molecule has 1 atom stereocenters. The highest BCUT2D eigenvalue weighted by atomic mass is 35.5. The number of nitrogens with two attached hydrogens (primary N) is 1. The summed E-state index contributed by atoms with van der Waals surface area (Å²) in [7, 11) is 0. The molecule has 2 N–H and O–H groups in total. The molecule has 2 aromatic heterocycles. The lowest BCUT2D eigenvalue weighted by molar-refractivity contribution is -0.615. The van der Waals surface area contributed by atoms with E-state index in [1.807, 2.05) is 36.4 Å². The van der Waals surface area contributed by atoms with E-state index in [2.05, 4.69) is 15.5 Å². The lowest BCUT2D eigenvalue weighted by Crippen LogP contribution is -2.36. The molecule has 4 aromatic rings. The molecule has 28 heavy (non-hydrogen) atoms. The van der Waals surface area contributed by atoms with Crippen molar-refractivity contribution in [2.45, 2.75) is 12.5 Å². The van der Waals surface area contributed by atoms with E-state index in [-0.39, 0.29) is 0 Å². The van der Waals surface area contributed by atoms with Gasteiger partial charge >= 0.3 is 0 Å². The van der Waals surface area contributed by atoms with Crippen LogP contribution in [0.4, 0.5) is 0 Å². The predicted molar refractivity (Wildman–Crippen MR) is 106 cm³/mol. The van der Waals surface area contributed by atoms with Gasteiger partial charge in [-0.3, -0.25) is 0 Å². The molecule has 0 spiro atoms. The van der Waals surface area contributed by atoms with E-state index in [1.54, 1.807) is 24.3 Å². The molecular formula is C20H17ClN6O. The van der Waals surface area contributed by atoms with Gasteiger partial charge in [0.25, 0.3) is 0 Å². The first-order chi connectivity index (χ1) is 13.6. The zero-order valence-electron chi connectivity index (χ0n) is 14.8. The standard InChI is InChI=1S/C20H17ClN6O/c21-16-7-9-19(26-13-23-24-25-26)17(11-16)15-6-8-20(27(28)12-15)18(22)10-14-4-2-1-3-5-14/h1-9,11-13,18H,10,22H2/t18-/m0/s1. The number of halogens is 1. The number of pyridine rings is 1. The summed E-state index contributed by atoms with van der Waals surface area (Å²) in [6.07, 6.45) is 3.57. The number of hydrogen-bond acceptors (Lipinski definition) is 5. The van der Waals surface area contributed by atoms with Gasteiger partial charge in [-0.05, 0) is 46.7 Å². The minimum absolute atomic E-state index is 0.410. The van der Waals surface area contributed by atoms with Gasteiger partial charge in [0.15, 0.2) is 6.20 Å². The number of hydrogen-bond donors (Lipinski definition) is 1. The van der Waals surface area contributed by atoms with Crippen LogP contribution >= 0.6 is 11.6 Å². The first kappa shape index (κ1) is 18.1. The number of tetrazole rings is 1. The van der Waals surface area contributed by atoms with Crippen LogP contribution in [0.1, 0.15) is 17.3 Å². The Hall–Kier alpha value is -3.29. The summed E-state index contributed by atoms with van der Waals surface area (Å²) in [5, 5.41) is 24.5. The van der Waals surface area contributed by atoms with Crippen LogP contribution < -0.4 is 10.5 Å². The SMILES string of the molecule is N[C@@H](Cc1ccccc1)c1ccc(-c2cc(Cl)ccc2-n2cnnn2)c[n+]1[O-]. The molecule has 0 radical (unpaired) electrons. The van der Waals surface area contributed by atoms with Gasteiger partial charge in [0, 0.05) is 22.2 Å². The topological polar surface area (TPSA) is 96.6 Å². The molecule has 0 aliphatic carbocycles. The molecule has 0 fully saturated rings. The van der Waals surface area contributed by atoms with Crippen LogP contribution in [0.15, 0.2) is 73.2 Å². The maximum Gasteiger partial charge on any atom is 0.209 e. The molecule has 0 saturated heterocycles. The fourth-order valence-corrected chi connectivity index (χ4v) is 3.29. The summed E-state index contributed by atoms with van der Waals surface area (Å²) < 4.78 is 2.34. The minimum atomic E-state index is -0.410. The van der Waals surface area contributed by atoms with Gasteiger partial charge in [-0.25, -0.2) is 0 Å². The van der Waals surface area contributed by atoms with Crippen molar-refractivity contribution in [2.24, 2.45) is 5.73 Å². The Kier molecular flexibility index (Phi) is 5.01. The lowest BCUT2D eigenvalue weighted by Gasteiger charge is -2.14. The molecule has 0 aliphatic rings. The number of nitrogens with zero attached hydrogens (tertiary/aromatic N) is 5. The Balaban J connectivity index is 1.68. The largest absolute Gasteiger partial charge is 0.618 e. The highest BCUT2D eigenvalue weighted by Crippen LogP contribution is 2.29. The monoisotopic (exact) mass is 392 g/mol. The number of aromatic nitrogens is 5. The van der Waals surface area contributed by atoms with Gasteiger partial charge in [0.2, 0.25) is 5.69 Å². The second kappa shape index (κ2) is 7.75. The van der Waals surface area contributed by atoms with Crippen molar-refractivity contribution in [2.75, 3.05) is 0 Å². The van der Waals surface area contributed by atoms with Crippen molar-refractivity contribution in [3.05, 3.63) is 94.7 Å². The highest BCUT2D eigenvalue weighted by Gasteiger charge is 2.18. The second-order valence-corrected chi connectivity index (χ2v) is 6.82. The minimum Gasteiger partial charge on any atom is -0.618 e. The van der Waals surface area contributed by atoms with Crippen LogP contribution in [0, 0.1) is 5.21 Å². The van der Waals surface area contributed by atoms with Crippen LogP contribution in [0.25, 0.3) is 16.8 Å². The first-order valence-electron chi connectivity index (χ1n) is 8.68. The zero-order valence-corrected chi connectivity index (χ0v) is 15.6. The third-order valence-corrected chi connectivity index (χ3v) is 4.72. The first-order valence-corrected chi connectivity index (χ1v) is 9.05. The summed E-state index contributed by atoms with van der Waals surface area (Å²) >= 11 is 6.17. The molecule has 0 unspecified atom stereocenters. The van der Waals surface area contributed by atoms with E-state index >= 15 is 0 Å². The summed E-state index contributed by atoms with van der Waals surface area (Å²) in [4.78, 5) is 0. The lowest BCUT2D eigenvalue weighted by atomic mass is 10.0. The average molecular weight is 393 g/mol. The van der Waals surface area contributed by atoms with E-state index < -0.39 is 6.04 Å². The normalized spacial score (nSPS) is 12.1. The molecule has 2 heterocycles. The zero-order chi connectivity index (χ0) is 19.5. The van der Waals surface area contributed by atoms with Crippen molar-refractivity contribution in [1.82, 2.24) is 20.2 Å². The summed E-state index contributed by atoms with van der Waals surface area (Å²) in [5.41, 5.74) is 10.0. The van der Waals surface area contributed by atoms with Gasteiger partial charge in [0.05, 0.1) is 11.7 Å². The van der Waals surface area contributed by atoms with Crippen LogP contribution in [0.3, 0.4) is 0 Å². The van der Waals surface area contributed by atoms with Crippen LogP contribution in [-0.4, -0.2) is 20.2 Å². The Bertz CT molecular complexity index is 1090. The van der Waals surface area contributed by atoms with Crippen molar-refractivity contribution >= 4 is 11.6 Å². The third-order valence-electron chi connectivity index (χ3n) is 4.49. The van der Waals surface area contributed by atoms with E-state index in [1.165, 1.54) is 17.2 Å². The maximum atomic E-state index is 12.7.